The molecule has 0 saturated carbocycles. The van der Waals surface area contributed by atoms with Crippen molar-refractivity contribution in [2.24, 2.45) is 0 Å². The lowest BCUT2D eigenvalue weighted by molar-refractivity contribution is -0.120. The SMILES string of the molecule is CC1=C(C)C(=O)N(c2cc(F)cc(Br)c2)C1=O. The van der Waals surface area contributed by atoms with Gasteiger partial charge in [-0.3, -0.25) is 9.59 Å². The van der Waals surface area contributed by atoms with Crippen LogP contribution in [0.15, 0.2) is 33.8 Å². The summed E-state index contributed by atoms with van der Waals surface area (Å²) in [5.41, 5.74) is 1.04. The zero-order chi connectivity index (χ0) is 12.7. The van der Waals surface area contributed by atoms with Crippen LogP contribution in [0.1, 0.15) is 13.8 Å². The Balaban J connectivity index is 2.50. The Labute approximate surface area is 106 Å². The summed E-state index contributed by atoms with van der Waals surface area (Å²) < 4.78 is 13.7. The van der Waals surface area contributed by atoms with Gasteiger partial charge in [-0.05, 0) is 32.0 Å². The number of hydrogen-bond donors (Lipinski definition) is 0. The molecule has 0 radical (unpaired) electrons. The maximum absolute atomic E-state index is 13.2. The van der Waals surface area contributed by atoms with Crippen LogP contribution in [-0.4, -0.2) is 11.8 Å². The first-order chi connectivity index (χ1) is 7.91. The van der Waals surface area contributed by atoms with Gasteiger partial charge in [-0.25, -0.2) is 9.29 Å². The third-order valence-corrected chi connectivity index (χ3v) is 3.17. The van der Waals surface area contributed by atoms with Crippen molar-refractivity contribution in [3.63, 3.8) is 0 Å². The second-order valence-corrected chi connectivity index (χ2v) is 4.74. The summed E-state index contributed by atoms with van der Waals surface area (Å²) in [6, 6.07) is 3.96. The van der Waals surface area contributed by atoms with Crippen LogP contribution in [0.4, 0.5) is 10.1 Å². The topological polar surface area (TPSA) is 37.4 Å². The van der Waals surface area contributed by atoms with E-state index in [0.717, 1.165) is 11.0 Å². The Morgan fingerprint density at radius 2 is 1.59 bits per heavy atom. The summed E-state index contributed by atoms with van der Waals surface area (Å²) in [7, 11) is 0. The summed E-state index contributed by atoms with van der Waals surface area (Å²) in [4.78, 5) is 24.7. The second kappa shape index (κ2) is 4.07. The number of imide groups is 1. The third kappa shape index (κ3) is 1.91. The molecule has 1 aliphatic rings. The average molecular weight is 298 g/mol. The van der Waals surface area contributed by atoms with Crippen molar-refractivity contribution < 1.29 is 14.0 Å². The van der Waals surface area contributed by atoms with Gasteiger partial charge in [0.15, 0.2) is 0 Å². The highest BCUT2D eigenvalue weighted by Gasteiger charge is 2.34. The highest BCUT2D eigenvalue weighted by molar-refractivity contribution is 9.10. The highest BCUT2D eigenvalue weighted by Crippen LogP contribution is 2.29. The average Bonchev–Trinajstić information content (AvgIpc) is 2.42. The molecular formula is C12H9BrFNO2. The lowest BCUT2D eigenvalue weighted by Gasteiger charge is -2.15. The van der Waals surface area contributed by atoms with E-state index in [4.69, 9.17) is 0 Å². The number of anilines is 1. The van der Waals surface area contributed by atoms with Crippen LogP contribution in [0.25, 0.3) is 0 Å². The fraction of sp³-hybridized carbons (Fsp3) is 0.167. The lowest BCUT2D eigenvalue weighted by atomic mass is 10.2. The van der Waals surface area contributed by atoms with Crippen molar-refractivity contribution >= 4 is 33.4 Å². The molecule has 2 amide bonds. The molecule has 0 spiro atoms. The molecule has 1 aromatic carbocycles. The van der Waals surface area contributed by atoms with Crippen LogP contribution in [0, 0.1) is 5.82 Å². The molecule has 1 heterocycles. The number of amides is 2. The summed E-state index contributed by atoms with van der Waals surface area (Å²) in [6.45, 7) is 3.17. The molecule has 1 aromatic rings. The van der Waals surface area contributed by atoms with E-state index in [1.54, 1.807) is 13.8 Å². The number of hydrogen-bond acceptors (Lipinski definition) is 2. The minimum atomic E-state index is -0.503. The van der Waals surface area contributed by atoms with E-state index in [1.165, 1.54) is 12.1 Å². The predicted molar refractivity (Wildman–Crippen MR) is 65.0 cm³/mol. The van der Waals surface area contributed by atoms with Crippen LogP contribution in [0.3, 0.4) is 0 Å². The molecule has 17 heavy (non-hydrogen) atoms. The first kappa shape index (κ1) is 12.0. The number of carbonyl (C=O) groups is 2. The van der Waals surface area contributed by atoms with Crippen LogP contribution in [0.5, 0.6) is 0 Å². The maximum Gasteiger partial charge on any atom is 0.261 e. The van der Waals surface area contributed by atoms with Crippen LogP contribution < -0.4 is 4.90 Å². The van der Waals surface area contributed by atoms with E-state index in [9.17, 15) is 14.0 Å². The van der Waals surface area contributed by atoms with Gasteiger partial charge in [-0.15, -0.1) is 0 Å². The molecule has 0 saturated heterocycles. The van der Waals surface area contributed by atoms with Gasteiger partial charge in [-0.2, -0.15) is 0 Å². The summed E-state index contributed by atoms with van der Waals surface area (Å²) >= 11 is 3.13. The Morgan fingerprint density at radius 1 is 1.06 bits per heavy atom. The van der Waals surface area contributed by atoms with Gasteiger partial charge < -0.3 is 0 Å². The van der Waals surface area contributed by atoms with Gasteiger partial charge in [0.1, 0.15) is 5.82 Å². The largest absolute Gasteiger partial charge is 0.269 e. The molecule has 0 fully saturated rings. The number of benzene rings is 1. The Bertz CT molecular complexity index is 521. The molecule has 0 aliphatic carbocycles. The van der Waals surface area contributed by atoms with E-state index >= 15 is 0 Å². The van der Waals surface area contributed by atoms with Crippen LogP contribution >= 0.6 is 15.9 Å². The Morgan fingerprint density at radius 3 is 2.06 bits per heavy atom. The molecule has 0 atom stereocenters. The molecule has 0 unspecified atom stereocenters. The fourth-order valence-electron chi connectivity index (χ4n) is 1.65. The highest BCUT2D eigenvalue weighted by atomic mass is 79.9. The Hall–Kier alpha value is -1.49. The van der Waals surface area contributed by atoms with Crippen molar-refractivity contribution in [3.8, 4) is 0 Å². The van der Waals surface area contributed by atoms with Gasteiger partial charge in [0.05, 0.1) is 5.69 Å². The van der Waals surface area contributed by atoms with E-state index in [0.29, 0.717) is 15.6 Å². The first-order valence-electron chi connectivity index (χ1n) is 4.94. The minimum Gasteiger partial charge on any atom is -0.269 e. The van der Waals surface area contributed by atoms with Crippen LogP contribution in [0.2, 0.25) is 0 Å². The molecule has 5 heteroatoms. The van der Waals surface area contributed by atoms with Gasteiger partial charge in [-0.1, -0.05) is 15.9 Å². The second-order valence-electron chi connectivity index (χ2n) is 3.82. The van der Waals surface area contributed by atoms with Crippen LogP contribution in [-0.2, 0) is 9.59 Å². The third-order valence-electron chi connectivity index (χ3n) is 2.72. The van der Waals surface area contributed by atoms with E-state index < -0.39 is 17.6 Å². The smallest absolute Gasteiger partial charge is 0.261 e. The van der Waals surface area contributed by atoms with E-state index in [1.807, 2.05) is 0 Å². The fourth-order valence-corrected chi connectivity index (χ4v) is 2.10. The number of halogens is 2. The standard InChI is InChI=1S/C12H9BrFNO2/c1-6-7(2)12(17)15(11(6)16)10-4-8(13)3-9(14)5-10/h3-5H,1-2H3. The summed E-state index contributed by atoms with van der Waals surface area (Å²) in [6.07, 6.45) is 0. The van der Waals surface area contributed by atoms with E-state index in [-0.39, 0.29) is 5.69 Å². The van der Waals surface area contributed by atoms with Crippen molar-refractivity contribution in [1.29, 1.82) is 0 Å². The number of nitrogens with zero attached hydrogens (tertiary/aromatic N) is 1. The van der Waals surface area contributed by atoms with Crippen molar-refractivity contribution in [1.82, 2.24) is 0 Å². The van der Waals surface area contributed by atoms with Gasteiger partial charge in [0.2, 0.25) is 0 Å². The van der Waals surface area contributed by atoms with Gasteiger partial charge in [0.25, 0.3) is 11.8 Å². The minimum absolute atomic E-state index is 0.239. The van der Waals surface area contributed by atoms with Crippen molar-refractivity contribution in [2.75, 3.05) is 4.90 Å². The molecule has 0 aromatic heterocycles. The van der Waals surface area contributed by atoms with Crippen molar-refractivity contribution in [2.45, 2.75) is 13.8 Å². The van der Waals surface area contributed by atoms with Gasteiger partial charge >= 0.3 is 0 Å². The molecule has 0 N–H and O–H groups in total. The molecule has 2 rings (SSSR count). The normalized spacial score (nSPS) is 16.1. The molecule has 3 nitrogen and oxygen atoms in total. The first-order valence-corrected chi connectivity index (χ1v) is 5.73. The number of carbonyl (C=O) groups excluding carboxylic acids is 2. The predicted octanol–water partition coefficient (Wildman–Crippen LogP) is 2.80. The molecule has 88 valence electrons. The van der Waals surface area contributed by atoms with Crippen molar-refractivity contribution in [3.05, 3.63) is 39.6 Å². The molecule has 0 bridgehead atoms. The monoisotopic (exact) mass is 297 g/mol. The van der Waals surface area contributed by atoms with Gasteiger partial charge in [0, 0.05) is 15.6 Å². The zero-order valence-corrected chi connectivity index (χ0v) is 10.8. The zero-order valence-electron chi connectivity index (χ0n) is 9.25. The number of rotatable bonds is 1. The maximum atomic E-state index is 13.2. The molecular weight excluding hydrogens is 289 g/mol. The Kier molecular flexibility index (Phi) is 2.87. The molecule has 1 aliphatic heterocycles. The van der Waals surface area contributed by atoms with E-state index in [2.05, 4.69) is 15.9 Å². The summed E-state index contributed by atoms with van der Waals surface area (Å²) in [5.74, 6) is -1.30. The summed E-state index contributed by atoms with van der Waals surface area (Å²) in [5, 5.41) is 0. The quantitative estimate of drug-likeness (QED) is 0.748. The lowest BCUT2D eigenvalue weighted by Crippen LogP contribution is -2.31.